The quantitative estimate of drug-likeness (QED) is 0.632. The number of hydrogen-bond donors (Lipinski definition) is 0. The van der Waals surface area contributed by atoms with Crippen molar-refractivity contribution < 1.29 is 13.9 Å². The fourth-order valence-electron chi connectivity index (χ4n) is 3.86. The molecule has 1 atom stereocenters. The van der Waals surface area contributed by atoms with Gasteiger partial charge in [0.05, 0.1) is 25.6 Å². The zero-order chi connectivity index (χ0) is 20.1. The molecule has 1 aliphatic heterocycles. The molecule has 150 valence electrons. The number of methoxy groups -OCH3 is 1. The van der Waals surface area contributed by atoms with Crippen LogP contribution in [0.2, 0.25) is 0 Å². The molecule has 1 amide bonds. The summed E-state index contributed by atoms with van der Waals surface area (Å²) >= 11 is 0. The number of rotatable bonds is 6. The van der Waals surface area contributed by atoms with Crippen molar-refractivity contribution in [2.45, 2.75) is 31.6 Å². The highest BCUT2D eigenvalue weighted by Crippen LogP contribution is 2.28. The number of carbonyl (C=O) groups is 1. The third-order valence-electron chi connectivity index (χ3n) is 5.41. The van der Waals surface area contributed by atoms with Crippen LogP contribution in [0.4, 0.5) is 0 Å². The van der Waals surface area contributed by atoms with Crippen LogP contribution in [-0.2, 0) is 17.6 Å². The summed E-state index contributed by atoms with van der Waals surface area (Å²) in [5.74, 6) is 2.68. The summed E-state index contributed by atoms with van der Waals surface area (Å²) in [6.45, 7) is 1.45. The van der Waals surface area contributed by atoms with E-state index >= 15 is 0 Å². The number of oxazole rings is 1. The fourth-order valence-corrected chi connectivity index (χ4v) is 3.86. The minimum absolute atomic E-state index is 0.138. The van der Waals surface area contributed by atoms with E-state index in [0.29, 0.717) is 13.0 Å². The Hall–Kier alpha value is -3.08. The Labute approximate surface area is 171 Å². The molecule has 0 N–H and O–H groups in total. The lowest BCUT2D eigenvalue weighted by molar-refractivity contribution is -0.131. The van der Waals surface area contributed by atoms with Gasteiger partial charge in [0.15, 0.2) is 5.89 Å². The van der Waals surface area contributed by atoms with Gasteiger partial charge in [-0.15, -0.1) is 0 Å². The second-order valence-electron chi connectivity index (χ2n) is 7.53. The van der Waals surface area contributed by atoms with Gasteiger partial charge in [0.1, 0.15) is 11.5 Å². The van der Waals surface area contributed by atoms with Crippen LogP contribution in [0.5, 0.6) is 5.75 Å². The van der Waals surface area contributed by atoms with Gasteiger partial charge in [-0.1, -0.05) is 42.5 Å². The van der Waals surface area contributed by atoms with Gasteiger partial charge in [0.2, 0.25) is 5.91 Å². The van der Waals surface area contributed by atoms with Crippen LogP contribution < -0.4 is 4.74 Å². The van der Waals surface area contributed by atoms with E-state index in [0.717, 1.165) is 48.8 Å². The van der Waals surface area contributed by atoms with Crippen LogP contribution in [0.3, 0.4) is 0 Å². The molecule has 2 aromatic carbocycles. The van der Waals surface area contributed by atoms with Crippen molar-refractivity contribution in [2.24, 2.45) is 0 Å². The molecule has 1 saturated heterocycles. The highest BCUT2D eigenvalue weighted by Gasteiger charge is 2.27. The van der Waals surface area contributed by atoms with E-state index in [1.165, 1.54) is 5.56 Å². The molecule has 0 saturated carbocycles. The first kappa shape index (κ1) is 19.2. The van der Waals surface area contributed by atoms with Crippen LogP contribution in [0.15, 0.2) is 65.2 Å². The van der Waals surface area contributed by atoms with Gasteiger partial charge in [-0.05, 0) is 36.1 Å². The maximum absolute atomic E-state index is 12.8. The molecule has 0 bridgehead atoms. The molecular weight excluding hydrogens is 364 g/mol. The van der Waals surface area contributed by atoms with Crippen molar-refractivity contribution in [2.75, 3.05) is 20.2 Å². The predicted octanol–water partition coefficient (Wildman–Crippen LogP) is 4.22. The molecule has 5 heteroatoms. The molecule has 4 rings (SSSR count). The minimum Gasteiger partial charge on any atom is -0.497 e. The fraction of sp³-hybridized carbons (Fsp3) is 0.333. The van der Waals surface area contributed by atoms with Crippen LogP contribution in [0, 0.1) is 0 Å². The Morgan fingerprint density at radius 3 is 2.83 bits per heavy atom. The summed E-state index contributed by atoms with van der Waals surface area (Å²) in [6, 6.07) is 17.9. The van der Waals surface area contributed by atoms with Crippen molar-refractivity contribution in [1.82, 2.24) is 9.88 Å². The van der Waals surface area contributed by atoms with Crippen molar-refractivity contribution in [1.29, 1.82) is 0 Å². The van der Waals surface area contributed by atoms with E-state index in [1.807, 2.05) is 53.6 Å². The van der Waals surface area contributed by atoms with Crippen LogP contribution in [0.1, 0.15) is 41.5 Å². The molecule has 29 heavy (non-hydrogen) atoms. The first-order valence-corrected chi connectivity index (χ1v) is 10.1. The summed E-state index contributed by atoms with van der Waals surface area (Å²) < 4.78 is 11.3. The van der Waals surface area contributed by atoms with Gasteiger partial charge >= 0.3 is 0 Å². The molecule has 5 nitrogen and oxygen atoms in total. The van der Waals surface area contributed by atoms with Gasteiger partial charge in [-0.3, -0.25) is 4.79 Å². The summed E-state index contributed by atoms with van der Waals surface area (Å²) in [7, 11) is 1.64. The molecule has 0 radical (unpaired) electrons. The Balaban J connectivity index is 1.38. The zero-order valence-electron chi connectivity index (χ0n) is 16.7. The van der Waals surface area contributed by atoms with Crippen LogP contribution in [0.25, 0.3) is 0 Å². The molecule has 1 aromatic heterocycles. The lowest BCUT2D eigenvalue weighted by atomic mass is 9.97. The molecule has 0 unspecified atom stereocenters. The predicted molar refractivity (Wildman–Crippen MR) is 111 cm³/mol. The van der Waals surface area contributed by atoms with Gasteiger partial charge in [-0.25, -0.2) is 4.98 Å². The lowest BCUT2D eigenvalue weighted by Gasteiger charge is -2.31. The Morgan fingerprint density at radius 2 is 2.00 bits per heavy atom. The molecule has 1 aliphatic rings. The monoisotopic (exact) mass is 390 g/mol. The number of aromatic nitrogens is 1. The number of likely N-dealkylation sites (tertiary alicyclic amines) is 1. The molecule has 0 aliphatic carbocycles. The van der Waals surface area contributed by atoms with E-state index in [9.17, 15) is 4.79 Å². The van der Waals surface area contributed by atoms with Crippen LogP contribution in [-0.4, -0.2) is 36.0 Å². The van der Waals surface area contributed by atoms with Gasteiger partial charge in [-0.2, -0.15) is 0 Å². The summed E-state index contributed by atoms with van der Waals surface area (Å²) in [5, 5.41) is 0. The number of ether oxygens (including phenoxy) is 1. The van der Waals surface area contributed by atoms with E-state index in [-0.39, 0.29) is 11.8 Å². The maximum atomic E-state index is 12.8. The maximum Gasteiger partial charge on any atom is 0.227 e. The van der Waals surface area contributed by atoms with E-state index in [4.69, 9.17) is 9.15 Å². The lowest BCUT2D eigenvalue weighted by Crippen LogP contribution is -2.40. The number of hydrogen-bond acceptors (Lipinski definition) is 4. The van der Waals surface area contributed by atoms with Crippen molar-refractivity contribution in [3.8, 4) is 5.75 Å². The topological polar surface area (TPSA) is 55.6 Å². The molecule has 1 fully saturated rings. The molecule has 2 heterocycles. The SMILES string of the molecule is COc1cccc(CC(=O)N2CCC[C@@H](c3ncc(Cc4ccccc4)o3)C2)c1. The second kappa shape index (κ2) is 8.95. The number of amides is 1. The smallest absolute Gasteiger partial charge is 0.227 e. The molecule has 0 spiro atoms. The number of piperidine rings is 1. The zero-order valence-corrected chi connectivity index (χ0v) is 16.7. The Morgan fingerprint density at radius 1 is 1.17 bits per heavy atom. The number of benzene rings is 2. The first-order chi connectivity index (χ1) is 14.2. The van der Waals surface area contributed by atoms with E-state index in [2.05, 4.69) is 17.1 Å². The average Bonchev–Trinajstić information content (AvgIpc) is 3.23. The van der Waals surface area contributed by atoms with Crippen molar-refractivity contribution in [3.05, 3.63) is 83.6 Å². The average molecular weight is 390 g/mol. The summed E-state index contributed by atoms with van der Waals surface area (Å²) in [6.07, 6.45) is 4.90. The molecule has 3 aromatic rings. The normalized spacial score (nSPS) is 16.6. The highest BCUT2D eigenvalue weighted by atomic mass is 16.5. The van der Waals surface area contributed by atoms with E-state index in [1.54, 1.807) is 7.11 Å². The van der Waals surface area contributed by atoms with Gasteiger partial charge in [0, 0.05) is 19.5 Å². The third kappa shape index (κ3) is 4.86. The standard InChI is InChI=1S/C24H26N2O3/c1-28-21-11-5-9-19(14-21)15-23(27)26-12-6-10-20(17-26)24-25-16-22(29-24)13-18-7-3-2-4-8-18/h2-5,7-9,11,14,16,20H,6,10,12-13,15,17H2,1H3/t20-/m1/s1. The first-order valence-electron chi connectivity index (χ1n) is 10.1. The highest BCUT2D eigenvalue weighted by molar-refractivity contribution is 5.79. The third-order valence-corrected chi connectivity index (χ3v) is 5.41. The summed E-state index contributed by atoms with van der Waals surface area (Å²) in [5.41, 5.74) is 2.17. The Kier molecular flexibility index (Phi) is 5.94. The van der Waals surface area contributed by atoms with Crippen molar-refractivity contribution >= 4 is 5.91 Å². The number of carbonyl (C=O) groups excluding carboxylic acids is 1. The Bertz CT molecular complexity index is 952. The van der Waals surface area contributed by atoms with E-state index < -0.39 is 0 Å². The number of nitrogens with zero attached hydrogens (tertiary/aromatic N) is 2. The summed E-state index contributed by atoms with van der Waals surface area (Å²) in [4.78, 5) is 19.3. The largest absolute Gasteiger partial charge is 0.497 e. The molecular formula is C24H26N2O3. The van der Waals surface area contributed by atoms with Gasteiger partial charge in [0.25, 0.3) is 0 Å². The van der Waals surface area contributed by atoms with Crippen LogP contribution >= 0.6 is 0 Å². The van der Waals surface area contributed by atoms with Crippen molar-refractivity contribution in [3.63, 3.8) is 0 Å². The second-order valence-corrected chi connectivity index (χ2v) is 7.53. The minimum atomic E-state index is 0.138. The van der Waals surface area contributed by atoms with Gasteiger partial charge < -0.3 is 14.1 Å².